The molecule has 6 heteroatoms. The minimum absolute atomic E-state index is 0.624. The first-order valence-electron chi connectivity index (χ1n) is 10.1. The minimum atomic E-state index is 0.624. The molecule has 0 aliphatic rings. The lowest BCUT2D eigenvalue weighted by atomic mass is 10.1. The number of ether oxygens (including phenoxy) is 3. The van der Waals surface area contributed by atoms with Gasteiger partial charge in [0.1, 0.15) is 0 Å². The van der Waals surface area contributed by atoms with Crippen molar-refractivity contribution in [3.8, 4) is 0 Å². The maximum absolute atomic E-state index is 5.68. The van der Waals surface area contributed by atoms with E-state index in [1.165, 1.54) is 11.1 Å². The van der Waals surface area contributed by atoms with E-state index in [0.717, 1.165) is 38.4 Å². The second-order valence-corrected chi connectivity index (χ2v) is 6.25. The average molecular weight is 380 g/mol. The van der Waals surface area contributed by atoms with Gasteiger partial charge in [-0.15, -0.1) is 0 Å². The number of benzene rings is 1. The molecule has 0 fully saturated rings. The Morgan fingerprint density at radius 3 is 2.30 bits per heavy atom. The first-order valence-corrected chi connectivity index (χ1v) is 10.1. The number of nitrogens with zero attached hydrogens (tertiary/aromatic N) is 1. The number of hydrogen-bond donors (Lipinski definition) is 2. The fourth-order valence-electron chi connectivity index (χ4n) is 2.41. The average Bonchev–Trinajstić information content (AvgIpc) is 2.70. The molecule has 0 radical (unpaired) electrons. The summed E-state index contributed by atoms with van der Waals surface area (Å²) in [5, 5.41) is 6.61. The maximum atomic E-state index is 5.68. The van der Waals surface area contributed by atoms with Crippen LogP contribution >= 0.6 is 0 Å². The van der Waals surface area contributed by atoms with Crippen molar-refractivity contribution in [2.45, 2.75) is 46.3 Å². The number of aliphatic imine (C=N–C) groups is 1. The molecule has 27 heavy (non-hydrogen) atoms. The molecule has 0 atom stereocenters. The van der Waals surface area contributed by atoms with Crippen LogP contribution in [0.3, 0.4) is 0 Å². The molecule has 2 N–H and O–H groups in total. The monoisotopic (exact) mass is 379 g/mol. The van der Waals surface area contributed by atoms with Crippen LogP contribution in [0.1, 0.15) is 44.2 Å². The van der Waals surface area contributed by atoms with Gasteiger partial charge in [-0.2, -0.15) is 0 Å². The van der Waals surface area contributed by atoms with Gasteiger partial charge in [0.2, 0.25) is 0 Å². The summed E-state index contributed by atoms with van der Waals surface area (Å²) < 4.78 is 16.7. The van der Waals surface area contributed by atoms with Gasteiger partial charge in [0.25, 0.3) is 0 Å². The third-order valence-electron chi connectivity index (χ3n) is 3.95. The fraction of sp³-hybridized carbons (Fsp3) is 0.667. The Kier molecular flexibility index (Phi) is 14.3. The van der Waals surface area contributed by atoms with Crippen molar-refractivity contribution >= 4 is 5.96 Å². The van der Waals surface area contributed by atoms with E-state index in [4.69, 9.17) is 14.2 Å². The van der Waals surface area contributed by atoms with Crippen LogP contribution in [0.5, 0.6) is 0 Å². The van der Waals surface area contributed by atoms with E-state index in [1.807, 2.05) is 12.1 Å². The van der Waals surface area contributed by atoms with Crippen LogP contribution in [0.2, 0.25) is 0 Å². The van der Waals surface area contributed by atoms with Crippen LogP contribution in [0, 0.1) is 0 Å². The number of hydrogen-bond acceptors (Lipinski definition) is 4. The van der Waals surface area contributed by atoms with Gasteiger partial charge in [-0.3, -0.25) is 4.99 Å². The first-order chi connectivity index (χ1) is 13.3. The summed E-state index contributed by atoms with van der Waals surface area (Å²) in [5.74, 6) is 0.766. The van der Waals surface area contributed by atoms with E-state index in [2.05, 4.69) is 41.6 Å². The molecule has 0 saturated carbocycles. The molecule has 1 aromatic rings. The van der Waals surface area contributed by atoms with Crippen LogP contribution in [0.15, 0.2) is 29.3 Å². The molecule has 0 saturated heterocycles. The zero-order valence-electron chi connectivity index (χ0n) is 17.3. The van der Waals surface area contributed by atoms with Crippen molar-refractivity contribution in [2.75, 3.05) is 46.6 Å². The molecule has 0 spiro atoms. The van der Waals surface area contributed by atoms with Crippen LogP contribution in [-0.2, 0) is 27.4 Å². The molecule has 0 aliphatic carbocycles. The van der Waals surface area contributed by atoms with E-state index >= 15 is 0 Å². The summed E-state index contributed by atoms with van der Waals surface area (Å²) >= 11 is 0. The number of nitrogens with one attached hydrogen (secondary N) is 2. The molecule has 154 valence electrons. The third kappa shape index (κ3) is 11.6. The Balaban J connectivity index is 2.21. The van der Waals surface area contributed by atoms with Crippen LogP contribution in [0.4, 0.5) is 0 Å². The summed E-state index contributed by atoms with van der Waals surface area (Å²) in [6.07, 6.45) is 3.30. The van der Waals surface area contributed by atoms with Crippen LogP contribution in [0.25, 0.3) is 0 Å². The topological polar surface area (TPSA) is 64.1 Å². The van der Waals surface area contributed by atoms with Gasteiger partial charge in [-0.1, -0.05) is 44.5 Å². The van der Waals surface area contributed by atoms with Crippen molar-refractivity contribution in [2.24, 2.45) is 4.99 Å². The Morgan fingerprint density at radius 2 is 1.59 bits per heavy atom. The van der Waals surface area contributed by atoms with Gasteiger partial charge in [0.05, 0.1) is 26.4 Å². The van der Waals surface area contributed by atoms with Gasteiger partial charge in [-0.05, 0) is 24.0 Å². The van der Waals surface area contributed by atoms with Crippen molar-refractivity contribution in [1.82, 2.24) is 10.6 Å². The second-order valence-electron chi connectivity index (χ2n) is 6.25. The third-order valence-corrected chi connectivity index (χ3v) is 3.95. The van der Waals surface area contributed by atoms with Crippen molar-refractivity contribution in [3.63, 3.8) is 0 Å². The van der Waals surface area contributed by atoms with E-state index in [1.54, 1.807) is 7.05 Å². The van der Waals surface area contributed by atoms with Crippen molar-refractivity contribution in [3.05, 3.63) is 35.4 Å². The van der Waals surface area contributed by atoms with Gasteiger partial charge < -0.3 is 24.8 Å². The van der Waals surface area contributed by atoms with Gasteiger partial charge >= 0.3 is 0 Å². The molecule has 0 unspecified atom stereocenters. The number of guanidine groups is 1. The lowest BCUT2D eigenvalue weighted by Gasteiger charge is -2.14. The zero-order chi connectivity index (χ0) is 19.6. The predicted molar refractivity (Wildman–Crippen MR) is 111 cm³/mol. The number of rotatable bonds is 15. The first kappa shape index (κ1) is 23.4. The molecule has 1 aromatic carbocycles. The highest BCUT2D eigenvalue weighted by molar-refractivity contribution is 5.79. The summed E-state index contributed by atoms with van der Waals surface area (Å²) in [7, 11) is 1.77. The fourth-order valence-corrected chi connectivity index (χ4v) is 2.41. The molecule has 0 aromatic heterocycles. The molecular formula is C21H37N3O3. The van der Waals surface area contributed by atoms with E-state index < -0.39 is 0 Å². The quantitative estimate of drug-likeness (QED) is 0.278. The highest BCUT2D eigenvalue weighted by atomic mass is 16.5. The smallest absolute Gasteiger partial charge is 0.191 e. The predicted octanol–water partition coefficient (Wildman–Crippen LogP) is 3.11. The van der Waals surface area contributed by atoms with Gasteiger partial charge in [0, 0.05) is 33.4 Å². The highest BCUT2D eigenvalue weighted by Crippen LogP contribution is 2.10. The van der Waals surface area contributed by atoms with E-state index in [-0.39, 0.29) is 0 Å². The lowest BCUT2D eigenvalue weighted by Crippen LogP contribution is -2.38. The minimum Gasteiger partial charge on any atom is -0.379 e. The lowest BCUT2D eigenvalue weighted by molar-refractivity contribution is 0.0487. The molecule has 0 aliphatic heterocycles. The Morgan fingerprint density at radius 1 is 0.852 bits per heavy atom. The summed E-state index contributed by atoms with van der Waals surface area (Å²) in [4.78, 5) is 4.26. The molecule has 0 amide bonds. The molecule has 0 heterocycles. The van der Waals surface area contributed by atoms with Crippen molar-refractivity contribution in [1.29, 1.82) is 0 Å². The largest absolute Gasteiger partial charge is 0.379 e. The Labute approximate surface area is 164 Å². The van der Waals surface area contributed by atoms with Gasteiger partial charge in [-0.25, -0.2) is 0 Å². The SMILES string of the molecule is CCCCOCCOCCNC(=NC)NCc1ccccc1COCCC. The summed E-state index contributed by atoms with van der Waals surface area (Å²) in [5.41, 5.74) is 2.43. The van der Waals surface area contributed by atoms with Gasteiger partial charge in [0.15, 0.2) is 5.96 Å². The maximum Gasteiger partial charge on any atom is 0.191 e. The standard InChI is InChI=1S/C21H37N3O3/c1-4-6-13-25-15-16-26-14-11-23-21(22-3)24-17-19-9-7-8-10-20(19)18-27-12-5-2/h7-10H,4-6,11-18H2,1-3H3,(H2,22,23,24). The highest BCUT2D eigenvalue weighted by Gasteiger charge is 2.03. The molecule has 6 nitrogen and oxygen atoms in total. The van der Waals surface area contributed by atoms with E-state index in [0.29, 0.717) is 39.5 Å². The molecular weight excluding hydrogens is 342 g/mol. The van der Waals surface area contributed by atoms with Crippen LogP contribution in [-0.4, -0.2) is 52.6 Å². The summed E-state index contributed by atoms with van der Waals surface area (Å²) in [6, 6.07) is 8.32. The normalized spacial score (nSPS) is 11.6. The van der Waals surface area contributed by atoms with Crippen molar-refractivity contribution < 1.29 is 14.2 Å². The van der Waals surface area contributed by atoms with E-state index in [9.17, 15) is 0 Å². The summed E-state index contributed by atoms with van der Waals surface area (Å²) in [6.45, 7) is 9.84. The van der Waals surface area contributed by atoms with Crippen LogP contribution < -0.4 is 10.6 Å². The second kappa shape index (κ2) is 16.5. The number of unbranched alkanes of at least 4 members (excludes halogenated alkanes) is 1. The Hall–Kier alpha value is -1.63. The molecule has 1 rings (SSSR count). The zero-order valence-corrected chi connectivity index (χ0v) is 17.3. The molecule has 0 bridgehead atoms. The Bertz CT molecular complexity index is 509.